The van der Waals surface area contributed by atoms with Crippen LogP contribution < -0.4 is 5.32 Å². The second-order valence-corrected chi connectivity index (χ2v) is 4.85. The van der Waals surface area contributed by atoms with Crippen LogP contribution in [0.3, 0.4) is 0 Å². The number of phosphoric acid groups is 1. The van der Waals surface area contributed by atoms with Crippen molar-refractivity contribution in [3.05, 3.63) is 35.9 Å². The quantitative estimate of drug-likeness (QED) is 0.687. The largest absolute Gasteiger partial charge is 0.469 e. The van der Waals surface area contributed by atoms with Crippen LogP contribution in [0.25, 0.3) is 0 Å². The molecule has 1 aromatic carbocycles. The number of amides is 1. The normalized spacial score (nSPS) is 12.8. The average Bonchev–Trinajstić information content (AvgIpc) is 2.35. The number of carbonyl (C=O) groups is 1. The predicted molar refractivity (Wildman–Crippen MR) is 67.3 cm³/mol. The van der Waals surface area contributed by atoms with Gasteiger partial charge < -0.3 is 19.8 Å². The second-order valence-electron chi connectivity index (χ2n) is 3.61. The van der Waals surface area contributed by atoms with Crippen molar-refractivity contribution in [2.75, 3.05) is 13.2 Å². The van der Waals surface area contributed by atoms with Crippen molar-refractivity contribution in [1.82, 2.24) is 5.32 Å². The zero-order valence-electron chi connectivity index (χ0n) is 10.4. The molecular formula is C11H16NO6P. The number of alkyl carbamates (subject to hydrolysis) is 1. The number of rotatable bonds is 6. The minimum atomic E-state index is -4.59. The van der Waals surface area contributed by atoms with E-state index >= 15 is 0 Å². The first-order valence-electron chi connectivity index (χ1n) is 5.60. The minimum Gasteiger partial charge on any atom is -0.450 e. The molecule has 0 heterocycles. The molecule has 0 bridgehead atoms. The second kappa shape index (κ2) is 7.25. The lowest BCUT2D eigenvalue weighted by atomic mass is 10.1. The molecule has 1 aromatic rings. The zero-order chi connectivity index (χ0) is 14.3. The molecule has 0 saturated carbocycles. The van der Waals surface area contributed by atoms with E-state index in [1.165, 1.54) is 0 Å². The fourth-order valence-corrected chi connectivity index (χ4v) is 1.74. The number of hydrogen-bond donors (Lipinski definition) is 3. The van der Waals surface area contributed by atoms with Crippen LogP contribution in [0, 0.1) is 0 Å². The summed E-state index contributed by atoms with van der Waals surface area (Å²) in [7, 11) is -4.59. The zero-order valence-corrected chi connectivity index (χ0v) is 11.2. The summed E-state index contributed by atoms with van der Waals surface area (Å²) >= 11 is 0. The third-order valence-corrected chi connectivity index (χ3v) is 2.66. The van der Waals surface area contributed by atoms with E-state index < -0.39 is 20.0 Å². The highest BCUT2D eigenvalue weighted by Crippen LogP contribution is 2.37. The summed E-state index contributed by atoms with van der Waals surface area (Å²) in [6, 6.07) is 7.99. The molecule has 1 rings (SSSR count). The molecule has 0 spiro atoms. The van der Waals surface area contributed by atoms with Gasteiger partial charge in [-0.05, 0) is 12.5 Å². The molecule has 0 aliphatic heterocycles. The Morgan fingerprint density at radius 1 is 1.37 bits per heavy atom. The summed E-state index contributed by atoms with van der Waals surface area (Å²) in [4.78, 5) is 28.8. The standard InChI is InChI=1S/C11H16NO6P/c1-2-17-11(13)12-10(8-18-19(14,15)16)9-6-4-3-5-7-9/h3-7,10H,2,8H2,1H3,(H,12,13)(H2,14,15,16)/t10-/m0/s1. The summed E-state index contributed by atoms with van der Waals surface area (Å²) in [5.41, 5.74) is 0.656. The van der Waals surface area contributed by atoms with Gasteiger partial charge in [0.15, 0.2) is 0 Å². The van der Waals surface area contributed by atoms with Crippen molar-refractivity contribution in [3.63, 3.8) is 0 Å². The highest BCUT2D eigenvalue weighted by Gasteiger charge is 2.21. The van der Waals surface area contributed by atoms with E-state index in [-0.39, 0.29) is 13.2 Å². The SMILES string of the molecule is CCOC(=O)N[C@@H](COP(=O)(O)O)c1ccccc1. The third kappa shape index (κ3) is 6.35. The van der Waals surface area contributed by atoms with Gasteiger partial charge in [0.1, 0.15) is 0 Å². The van der Waals surface area contributed by atoms with E-state index in [1.54, 1.807) is 37.3 Å². The maximum Gasteiger partial charge on any atom is 0.469 e. The van der Waals surface area contributed by atoms with E-state index in [2.05, 4.69) is 9.84 Å². The monoisotopic (exact) mass is 289 g/mol. The fraction of sp³-hybridized carbons (Fsp3) is 0.364. The van der Waals surface area contributed by atoms with Gasteiger partial charge in [-0.15, -0.1) is 0 Å². The Balaban J connectivity index is 2.73. The highest BCUT2D eigenvalue weighted by molar-refractivity contribution is 7.46. The predicted octanol–water partition coefficient (Wildman–Crippen LogP) is 1.58. The molecule has 0 saturated heterocycles. The van der Waals surface area contributed by atoms with Crippen molar-refractivity contribution in [3.8, 4) is 0 Å². The van der Waals surface area contributed by atoms with E-state index in [4.69, 9.17) is 14.5 Å². The van der Waals surface area contributed by atoms with Crippen molar-refractivity contribution in [2.45, 2.75) is 13.0 Å². The van der Waals surface area contributed by atoms with Crippen LogP contribution in [-0.4, -0.2) is 29.1 Å². The molecule has 106 valence electrons. The van der Waals surface area contributed by atoms with Gasteiger partial charge in [-0.2, -0.15) is 0 Å². The minimum absolute atomic E-state index is 0.201. The number of benzene rings is 1. The lowest BCUT2D eigenvalue weighted by molar-refractivity contribution is 0.135. The number of hydrogen-bond acceptors (Lipinski definition) is 4. The smallest absolute Gasteiger partial charge is 0.450 e. The summed E-state index contributed by atoms with van der Waals surface area (Å²) < 4.78 is 19.9. The fourth-order valence-electron chi connectivity index (χ4n) is 1.39. The molecule has 1 amide bonds. The van der Waals surface area contributed by atoms with Crippen molar-refractivity contribution >= 4 is 13.9 Å². The Bertz CT molecular complexity index is 446. The Morgan fingerprint density at radius 2 is 2.00 bits per heavy atom. The van der Waals surface area contributed by atoms with Crippen LogP contribution >= 0.6 is 7.82 Å². The van der Waals surface area contributed by atoms with Gasteiger partial charge in [0, 0.05) is 0 Å². The first-order chi connectivity index (χ1) is 8.92. The molecule has 3 N–H and O–H groups in total. The first-order valence-corrected chi connectivity index (χ1v) is 7.13. The molecule has 0 aromatic heterocycles. The Morgan fingerprint density at radius 3 is 2.53 bits per heavy atom. The van der Waals surface area contributed by atoms with Gasteiger partial charge in [-0.3, -0.25) is 4.52 Å². The van der Waals surface area contributed by atoms with Crippen LogP contribution in [0.5, 0.6) is 0 Å². The highest BCUT2D eigenvalue weighted by atomic mass is 31.2. The lowest BCUT2D eigenvalue weighted by Crippen LogP contribution is -2.31. The Hall–Kier alpha value is -1.40. The molecule has 0 radical (unpaired) electrons. The summed E-state index contributed by atoms with van der Waals surface area (Å²) in [6.07, 6.45) is -0.675. The van der Waals surface area contributed by atoms with E-state index in [0.29, 0.717) is 5.56 Å². The number of nitrogens with one attached hydrogen (secondary N) is 1. The number of carbonyl (C=O) groups excluding carboxylic acids is 1. The topological polar surface area (TPSA) is 105 Å². The molecule has 0 unspecified atom stereocenters. The molecule has 0 aliphatic carbocycles. The first kappa shape index (κ1) is 15.7. The van der Waals surface area contributed by atoms with Gasteiger partial charge in [0.05, 0.1) is 19.3 Å². The number of ether oxygens (including phenoxy) is 1. The molecule has 7 nitrogen and oxygen atoms in total. The molecule has 1 atom stereocenters. The van der Waals surface area contributed by atoms with Gasteiger partial charge >= 0.3 is 13.9 Å². The summed E-state index contributed by atoms with van der Waals surface area (Å²) in [5, 5.41) is 2.48. The van der Waals surface area contributed by atoms with Crippen molar-refractivity contribution in [2.24, 2.45) is 0 Å². The Kier molecular flexibility index (Phi) is 5.98. The third-order valence-electron chi connectivity index (χ3n) is 2.18. The van der Waals surface area contributed by atoms with Gasteiger partial charge in [-0.1, -0.05) is 30.3 Å². The van der Waals surface area contributed by atoms with Crippen LogP contribution in [0.2, 0.25) is 0 Å². The Labute approximate surface area is 110 Å². The molecule has 8 heteroatoms. The van der Waals surface area contributed by atoms with Crippen LogP contribution in [0.1, 0.15) is 18.5 Å². The summed E-state index contributed by atoms with van der Waals surface area (Å²) in [6.45, 7) is 1.50. The van der Waals surface area contributed by atoms with Crippen molar-refractivity contribution in [1.29, 1.82) is 0 Å². The molecular weight excluding hydrogens is 273 g/mol. The summed E-state index contributed by atoms with van der Waals surface area (Å²) in [5.74, 6) is 0. The van der Waals surface area contributed by atoms with Crippen LogP contribution in [-0.2, 0) is 13.8 Å². The maximum atomic E-state index is 11.4. The van der Waals surface area contributed by atoms with E-state index in [9.17, 15) is 9.36 Å². The van der Waals surface area contributed by atoms with Crippen LogP contribution in [0.4, 0.5) is 4.79 Å². The van der Waals surface area contributed by atoms with E-state index in [0.717, 1.165) is 0 Å². The van der Waals surface area contributed by atoms with Gasteiger partial charge in [0.25, 0.3) is 0 Å². The van der Waals surface area contributed by atoms with E-state index in [1.807, 2.05) is 0 Å². The van der Waals surface area contributed by atoms with Crippen LogP contribution in [0.15, 0.2) is 30.3 Å². The maximum absolute atomic E-state index is 11.4. The molecule has 19 heavy (non-hydrogen) atoms. The van der Waals surface area contributed by atoms with Gasteiger partial charge in [-0.25, -0.2) is 9.36 Å². The lowest BCUT2D eigenvalue weighted by Gasteiger charge is -2.19. The molecule has 0 fully saturated rings. The molecule has 0 aliphatic rings. The number of phosphoric ester groups is 1. The van der Waals surface area contributed by atoms with Crippen molar-refractivity contribution < 1.29 is 28.4 Å². The average molecular weight is 289 g/mol. The van der Waals surface area contributed by atoms with Gasteiger partial charge in [0.2, 0.25) is 0 Å².